The molecule has 0 aliphatic rings. The zero-order valence-corrected chi connectivity index (χ0v) is 13.0. The summed E-state index contributed by atoms with van der Waals surface area (Å²) in [5, 5.41) is 5.35. The highest BCUT2D eigenvalue weighted by Gasteiger charge is 2.06. The maximum atomic E-state index is 13.2. The molecule has 0 amide bonds. The largest absolute Gasteiger partial charge is 0.381 e. The lowest BCUT2D eigenvalue weighted by atomic mass is 10.2. The van der Waals surface area contributed by atoms with Crippen molar-refractivity contribution in [3.8, 4) is 10.7 Å². The molecular weight excluding hydrogens is 309 g/mol. The fraction of sp³-hybridized carbons (Fsp3) is 0.0556. The number of hydrogen-bond acceptors (Lipinski definition) is 3. The summed E-state index contributed by atoms with van der Waals surface area (Å²) < 4.78 is 13.2. The van der Waals surface area contributed by atoms with Gasteiger partial charge in [0.15, 0.2) is 0 Å². The molecule has 5 heteroatoms. The van der Waals surface area contributed by atoms with E-state index in [9.17, 15) is 4.39 Å². The minimum absolute atomic E-state index is 0.214. The Labute approximate surface area is 136 Å². The summed E-state index contributed by atoms with van der Waals surface area (Å²) in [6.07, 6.45) is 0. The SMILES string of the molecule is Fc1cccc(CNc2ccc3nc(-c4cccs4)[nH]c3c2)c1. The lowest BCUT2D eigenvalue weighted by molar-refractivity contribution is 0.626. The Morgan fingerprint density at radius 1 is 1.09 bits per heavy atom. The fourth-order valence-electron chi connectivity index (χ4n) is 2.50. The molecule has 4 aromatic rings. The van der Waals surface area contributed by atoms with Crippen LogP contribution in [0.2, 0.25) is 0 Å². The van der Waals surface area contributed by atoms with Crippen LogP contribution in [0.4, 0.5) is 10.1 Å². The van der Waals surface area contributed by atoms with Gasteiger partial charge in [-0.15, -0.1) is 11.3 Å². The molecule has 2 N–H and O–H groups in total. The molecule has 4 rings (SSSR count). The van der Waals surface area contributed by atoms with E-state index in [0.29, 0.717) is 6.54 Å². The molecular formula is C18H14FN3S. The van der Waals surface area contributed by atoms with E-state index in [2.05, 4.69) is 15.3 Å². The molecule has 0 atom stereocenters. The van der Waals surface area contributed by atoms with Gasteiger partial charge in [-0.3, -0.25) is 0 Å². The summed E-state index contributed by atoms with van der Waals surface area (Å²) >= 11 is 1.66. The maximum Gasteiger partial charge on any atom is 0.148 e. The molecule has 3 nitrogen and oxygen atoms in total. The number of fused-ring (bicyclic) bond motifs is 1. The number of rotatable bonds is 4. The average molecular weight is 323 g/mol. The van der Waals surface area contributed by atoms with Gasteiger partial charge in [0.25, 0.3) is 0 Å². The fourth-order valence-corrected chi connectivity index (χ4v) is 3.17. The highest BCUT2D eigenvalue weighted by molar-refractivity contribution is 7.13. The van der Waals surface area contributed by atoms with Crippen LogP contribution in [-0.2, 0) is 6.54 Å². The van der Waals surface area contributed by atoms with E-state index in [-0.39, 0.29) is 5.82 Å². The van der Waals surface area contributed by atoms with Crippen molar-refractivity contribution >= 4 is 28.1 Å². The molecule has 0 bridgehead atoms. The number of nitrogens with zero attached hydrogens (tertiary/aromatic N) is 1. The Kier molecular flexibility index (Phi) is 3.55. The Morgan fingerprint density at radius 3 is 2.87 bits per heavy atom. The number of thiophene rings is 1. The van der Waals surface area contributed by atoms with Crippen LogP contribution in [0.25, 0.3) is 21.7 Å². The van der Waals surface area contributed by atoms with E-state index in [4.69, 9.17) is 0 Å². The Hall–Kier alpha value is -2.66. The summed E-state index contributed by atoms with van der Waals surface area (Å²) in [7, 11) is 0. The van der Waals surface area contributed by atoms with Gasteiger partial charge in [-0.25, -0.2) is 9.37 Å². The Bertz CT molecular complexity index is 944. The van der Waals surface area contributed by atoms with Crippen molar-refractivity contribution in [3.05, 3.63) is 71.4 Å². The third-order valence-corrected chi connectivity index (χ3v) is 4.50. The molecule has 23 heavy (non-hydrogen) atoms. The van der Waals surface area contributed by atoms with Crippen LogP contribution in [0.1, 0.15) is 5.56 Å². The highest BCUT2D eigenvalue weighted by Crippen LogP contribution is 2.26. The van der Waals surface area contributed by atoms with Crippen LogP contribution in [0.3, 0.4) is 0 Å². The third-order valence-electron chi connectivity index (χ3n) is 3.62. The smallest absolute Gasteiger partial charge is 0.148 e. The summed E-state index contributed by atoms with van der Waals surface area (Å²) in [5.41, 5.74) is 3.81. The minimum atomic E-state index is -0.214. The van der Waals surface area contributed by atoms with E-state index in [1.165, 1.54) is 12.1 Å². The van der Waals surface area contributed by atoms with E-state index in [0.717, 1.165) is 33.0 Å². The van der Waals surface area contributed by atoms with E-state index >= 15 is 0 Å². The van der Waals surface area contributed by atoms with E-state index in [1.54, 1.807) is 17.4 Å². The van der Waals surface area contributed by atoms with Gasteiger partial charge in [-0.1, -0.05) is 18.2 Å². The molecule has 2 heterocycles. The van der Waals surface area contributed by atoms with Crippen LogP contribution in [-0.4, -0.2) is 9.97 Å². The van der Waals surface area contributed by atoms with Gasteiger partial charge in [0.05, 0.1) is 15.9 Å². The summed E-state index contributed by atoms with van der Waals surface area (Å²) in [4.78, 5) is 9.07. The Morgan fingerprint density at radius 2 is 2.04 bits per heavy atom. The number of aromatic nitrogens is 2. The van der Waals surface area contributed by atoms with Crippen LogP contribution < -0.4 is 5.32 Å². The van der Waals surface area contributed by atoms with Gasteiger partial charge in [0, 0.05) is 12.2 Å². The predicted octanol–water partition coefficient (Wildman–Crippen LogP) is 5.04. The summed E-state index contributed by atoms with van der Waals surface area (Å²) in [5.74, 6) is 0.672. The zero-order valence-electron chi connectivity index (χ0n) is 12.2. The van der Waals surface area contributed by atoms with Gasteiger partial charge in [-0.05, 0) is 47.3 Å². The molecule has 2 aromatic carbocycles. The summed E-state index contributed by atoms with van der Waals surface area (Å²) in [6, 6.07) is 16.7. The van der Waals surface area contributed by atoms with Crippen molar-refractivity contribution in [2.45, 2.75) is 6.54 Å². The number of imidazole rings is 1. The molecule has 0 spiro atoms. The van der Waals surface area contributed by atoms with Gasteiger partial charge < -0.3 is 10.3 Å². The van der Waals surface area contributed by atoms with E-state index < -0.39 is 0 Å². The lowest BCUT2D eigenvalue weighted by Crippen LogP contribution is -1.99. The topological polar surface area (TPSA) is 40.7 Å². The quantitative estimate of drug-likeness (QED) is 0.552. The number of benzene rings is 2. The zero-order chi connectivity index (χ0) is 15.6. The molecule has 0 aliphatic heterocycles. The number of aromatic amines is 1. The monoisotopic (exact) mass is 323 g/mol. The second-order valence-electron chi connectivity index (χ2n) is 5.28. The van der Waals surface area contributed by atoms with Crippen LogP contribution >= 0.6 is 11.3 Å². The van der Waals surface area contributed by atoms with Crippen molar-refractivity contribution in [2.75, 3.05) is 5.32 Å². The number of hydrogen-bond donors (Lipinski definition) is 2. The first-order valence-electron chi connectivity index (χ1n) is 7.30. The second-order valence-corrected chi connectivity index (χ2v) is 6.23. The maximum absolute atomic E-state index is 13.2. The second kappa shape index (κ2) is 5.85. The van der Waals surface area contributed by atoms with Crippen molar-refractivity contribution < 1.29 is 4.39 Å². The number of anilines is 1. The van der Waals surface area contributed by atoms with Gasteiger partial charge in [0.1, 0.15) is 11.6 Å². The lowest BCUT2D eigenvalue weighted by Gasteiger charge is -2.06. The first-order valence-corrected chi connectivity index (χ1v) is 8.18. The standard InChI is InChI=1S/C18H14FN3S/c19-13-4-1-3-12(9-13)11-20-14-6-7-15-16(10-14)22-18(21-15)17-5-2-8-23-17/h1-10,20H,11H2,(H,21,22). The normalized spacial score (nSPS) is 11.0. The number of H-pyrrole nitrogens is 1. The van der Waals surface area contributed by atoms with Crippen LogP contribution in [0.5, 0.6) is 0 Å². The minimum Gasteiger partial charge on any atom is -0.381 e. The molecule has 0 fully saturated rings. The number of halogens is 1. The molecule has 0 saturated carbocycles. The van der Waals surface area contributed by atoms with Crippen molar-refractivity contribution in [1.82, 2.24) is 9.97 Å². The van der Waals surface area contributed by atoms with Crippen LogP contribution in [0, 0.1) is 5.82 Å². The number of nitrogens with one attached hydrogen (secondary N) is 2. The average Bonchev–Trinajstić information content (AvgIpc) is 3.21. The van der Waals surface area contributed by atoms with Crippen molar-refractivity contribution in [3.63, 3.8) is 0 Å². The first kappa shape index (κ1) is 14.0. The molecule has 0 radical (unpaired) electrons. The molecule has 0 aliphatic carbocycles. The highest BCUT2D eigenvalue weighted by atomic mass is 32.1. The Balaban J connectivity index is 1.56. The van der Waals surface area contributed by atoms with Crippen molar-refractivity contribution in [2.24, 2.45) is 0 Å². The van der Waals surface area contributed by atoms with Gasteiger partial charge in [-0.2, -0.15) is 0 Å². The third kappa shape index (κ3) is 2.96. The molecule has 0 saturated heterocycles. The van der Waals surface area contributed by atoms with Crippen LogP contribution in [0.15, 0.2) is 60.0 Å². The van der Waals surface area contributed by atoms with E-state index in [1.807, 2.05) is 41.8 Å². The molecule has 114 valence electrons. The van der Waals surface area contributed by atoms with Crippen molar-refractivity contribution in [1.29, 1.82) is 0 Å². The van der Waals surface area contributed by atoms with Gasteiger partial charge in [0.2, 0.25) is 0 Å². The predicted molar refractivity (Wildman–Crippen MR) is 93.1 cm³/mol. The molecule has 2 aromatic heterocycles. The molecule has 0 unspecified atom stereocenters. The van der Waals surface area contributed by atoms with Gasteiger partial charge >= 0.3 is 0 Å². The summed E-state index contributed by atoms with van der Waals surface area (Å²) in [6.45, 7) is 0.579. The first-order chi connectivity index (χ1) is 11.3.